The molecule has 5 nitrogen and oxygen atoms in total. The van der Waals surface area contributed by atoms with Crippen molar-refractivity contribution < 1.29 is 14.7 Å². The number of carbonyl (C=O) groups is 2. The maximum absolute atomic E-state index is 11.7. The van der Waals surface area contributed by atoms with Crippen molar-refractivity contribution in [1.82, 2.24) is 5.32 Å². The van der Waals surface area contributed by atoms with Crippen LogP contribution in [0.3, 0.4) is 0 Å². The third-order valence-electron chi connectivity index (χ3n) is 2.61. The van der Waals surface area contributed by atoms with Crippen LogP contribution in [0.5, 0.6) is 0 Å². The molecule has 0 aromatic heterocycles. The highest BCUT2D eigenvalue weighted by molar-refractivity contribution is 5.87. The Morgan fingerprint density at radius 1 is 1.35 bits per heavy atom. The molecule has 0 spiro atoms. The van der Waals surface area contributed by atoms with Crippen LogP contribution < -0.4 is 11.1 Å². The van der Waals surface area contributed by atoms with Gasteiger partial charge in [0.25, 0.3) is 0 Å². The molecule has 2 atom stereocenters. The molecule has 0 aromatic carbocycles. The number of nitrogens with two attached hydrogens (primary N) is 1. The fourth-order valence-electron chi connectivity index (χ4n) is 1.45. The number of carboxylic acids is 1. The number of aliphatic carboxylic acids is 1. The smallest absolute Gasteiger partial charge is 0.326 e. The second kappa shape index (κ2) is 6.59. The van der Waals surface area contributed by atoms with E-state index in [0.717, 1.165) is 12.8 Å². The molecule has 0 aliphatic heterocycles. The summed E-state index contributed by atoms with van der Waals surface area (Å²) in [5.74, 6) is -1.42. The fraction of sp³-hybridized carbons (Fsp3) is 0.833. The van der Waals surface area contributed by atoms with Crippen LogP contribution >= 0.6 is 0 Å². The first-order chi connectivity index (χ1) is 7.70. The quantitative estimate of drug-likeness (QED) is 0.652. The summed E-state index contributed by atoms with van der Waals surface area (Å²) in [6, 6.07) is -1.54. The molecule has 0 aliphatic rings. The largest absolute Gasteiger partial charge is 0.480 e. The zero-order valence-electron chi connectivity index (χ0n) is 11.1. The Morgan fingerprint density at radius 2 is 1.88 bits per heavy atom. The number of carboxylic acid groups (broad SMARTS) is 1. The van der Waals surface area contributed by atoms with Crippen molar-refractivity contribution in [3.8, 4) is 0 Å². The highest BCUT2D eigenvalue weighted by Crippen LogP contribution is 2.19. The Hall–Kier alpha value is -1.10. The molecule has 1 amide bonds. The van der Waals surface area contributed by atoms with E-state index in [-0.39, 0.29) is 5.91 Å². The van der Waals surface area contributed by atoms with Gasteiger partial charge in [-0.15, -0.1) is 0 Å². The van der Waals surface area contributed by atoms with Crippen LogP contribution in [0, 0.1) is 5.41 Å². The molecule has 0 aromatic rings. The number of hydrogen-bond donors (Lipinski definition) is 3. The molecule has 0 aliphatic carbocycles. The van der Waals surface area contributed by atoms with Crippen LogP contribution in [0.4, 0.5) is 0 Å². The van der Waals surface area contributed by atoms with Crippen molar-refractivity contribution in [2.24, 2.45) is 11.1 Å². The number of hydrogen-bond acceptors (Lipinski definition) is 3. The van der Waals surface area contributed by atoms with Crippen LogP contribution in [0.25, 0.3) is 0 Å². The number of amides is 1. The van der Waals surface area contributed by atoms with Crippen molar-refractivity contribution >= 4 is 11.9 Å². The van der Waals surface area contributed by atoms with Gasteiger partial charge in [0, 0.05) is 0 Å². The van der Waals surface area contributed by atoms with Crippen LogP contribution in [0.2, 0.25) is 0 Å². The maximum atomic E-state index is 11.7. The number of carbonyl (C=O) groups excluding carboxylic acids is 1. The van der Waals surface area contributed by atoms with Gasteiger partial charge in [0.05, 0.1) is 6.04 Å². The molecule has 0 saturated heterocycles. The van der Waals surface area contributed by atoms with Gasteiger partial charge in [0.15, 0.2) is 0 Å². The van der Waals surface area contributed by atoms with Crippen molar-refractivity contribution in [2.75, 3.05) is 0 Å². The molecule has 0 radical (unpaired) electrons. The molecule has 0 fully saturated rings. The Balaban J connectivity index is 4.47. The first-order valence-corrected chi connectivity index (χ1v) is 5.99. The Morgan fingerprint density at radius 3 is 2.24 bits per heavy atom. The van der Waals surface area contributed by atoms with Gasteiger partial charge in [-0.2, -0.15) is 0 Å². The third-order valence-corrected chi connectivity index (χ3v) is 2.61. The minimum Gasteiger partial charge on any atom is -0.480 e. The molecule has 5 heteroatoms. The summed E-state index contributed by atoms with van der Waals surface area (Å²) in [7, 11) is 0. The van der Waals surface area contributed by atoms with E-state index in [9.17, 15) is 9.59 Å². The van der Waals surface area contributed by atoms with Crippen LogP contribution in [0.15, 0.2) is 0 Å². The lowest BCUT2D eigenvalue weighted by molar-refractivity contribution is -0.145. The second-order valence-corrected chi connectivity index (χ2v) is 5.39. The van der Waals surface area contributed by atoms with Gasteiger partial charge in [-0.25, -0.2) is 4.79 Å². The maximum Gasteiger partial charge on any atom is 0.326 e. The Bertz CT molecular complexity index is 271. The summed E-state index contributed by atoms with van der Waals surface area (Å²) < 4.78 is 0. The summed E-state index contributed by atoms with van der Waals surface area (Å²) >= 11 is 0. The molecule has 0 saturated carbocycles. The highest BCUT2D eigenvalue weighted by Gasteiger charge is 2.33. The van der Waals surface area contributed by atoms with E-state index >= 15 is 0 Å². The first kappa shape index (κ1) is 15.9. The van der Waals surface area contributed by atoms with Gasteiger partial charge in [-0.05, 0) is 11.8 Å². The predicted octanol–water partition coefficient (Wildman–Crippen LogP) is 1.12. The standard InChI is InChI=1S/C12H24N2O3/c1-5-6-7-8(13)10(15)14-9(11(16)17)12(2,3)4/h8-9H,5-7,13H2,1-4H3,(H,14,15)(H,16,17)/t8?,9-/m0/s1. The molecule has 0 rings (SSSR count). The zero-order valence-corrected chi connectivity index (χ0v) is 11.1. The van der Waals surface area contributed by atoms with E-state index in [2.05, 4.69) is 5.32 Å². The summed E-state index contributed by atoms with van der Waals surface area (Å²) in [6.07, 6.45) is 2.41. The molecule has 100 valence electrons. The van der Waals surface area contributed by atoms with E-state index < -0.39 is 23.5 Å². The van der Waals surface area contributed by atoms with E-state index in [1.165, 1.54) is 0 Å². The van der Waals surface area contributed by atoms with Gasteiger partial charge in [-0.3, -0.25) is 4.79 Å². The molecule has 17 heavy (non-hydrogen) atoms. The molecule has 1 unspecified atom stereocenters. The van der Waals surface area contributed by atoms with Gasteiger partial charge in [-0.1, -0.05) is 40.5 Å². The second-order valence-electron chi connectivity index (χ2n) is 5.39. The van der Waals surface area contributed by atoms with Crippen molar-refractivity contribution in [3.63, 3.8) is 0 Å². The molecular formula is C12H24N2O3. The summed E-state index contributed by atoms with van der Waals surface area (Å²) in [5.41, 5.74) is 5.15. The van der Waals surface area contributed by atoms with Crippen molar-refractivity contribution in [2.45, 2.75) is 59.0 Å². The van der Waals surface area contributed by atoms with Gasteiger partial charge in [0.1, 0.15) is 6.04 Å². The topological polar surface area (TPSA) is 92.4 Å². The minimum absolute atomic E-state index is 0.388. The molecular weight excluding hydrogens is 220 g/mol. The highest BCUT2D eigenvalue weighted by atomic mass is 16.4. The summed E-state index contributed by atoms with van der Waals surface area (Å²) in [5, 5.41) is 11.6. The normalized spacial score (nSPS) is 15.1. The fourth-order valence-corrected chi connectivity index (χ4v) is 1.45. The molecule has 0 heterocycles. The van der Waals surface area contributed by atoms with E-state index in [1.807, 2.05) is 6.92 Å². The molecule has 4 N–H and O–H groups in total. The van der Waals surface area contributed by atoms with Crippen molar-refractivity contribution in [1.29, 1.82) is 0 Å². The lowest BCUT2D eigenvalue weighted by Crippen LogP contribution is -2.53. The average Bonchev–Trinajstić information content (AvgIpc) is 2.19. The van der Waals surface area contributed by atoms with E-state index in [1.54, 1.807) is 20.8 Å². The first-order valence-electron chi connectivity index (χ1n) is 5.99. The monoisotopic (exact) mass is 244 g/mol. The van der Waals surface area contributed by atoms with E-state index in [4.69, 9.17) is 10.8 Å². The van der Waals surface area contributed by atoms with Crippen molar-refractivity contribution in [3.05, 3.63) is 0 Å². The Labute approximate surface area is 103 Å². The van der Waals surface area contributed by atoms with Crippen LogP contribution in [-0.2, 0) is 9.59 Å². The SMILES string of the molecule is CCCCC(N)C(=O)N[C@@H](C(=O)O)C(C)(C)C. The number of nitrogens with one attached hydrogen (secondary N) is 1. The predicted molar refractivity (Wildman–Crippen MR) is 66.5 cm³/mol. The van der Waals surface area contributed by atoms with Gasteiger partial charge >= 0.3 is 5.97 Å². The summed E-state index contributed by atoms with van der Waals surface area (Å²) in [6.45, 7) is 7.32. The zero-order chi connectivity index (χ0) is 13.6. The van der Waals surface area contributed by atoms with Crippen LogP contribution in [0.1, 0.15) is 47.0 Å². The lowest BCUT2D eigenvalue weighted by atomic mass is 9.86. The number of rotatable bonds is 6. The third kappa shape index (κ3) is 5.68. The number of unbranched alkanes of at least 4 members (excludes halogenated alkanes) is 1. The van der Waals surface area contributed by atoms with Crippen LogP contribution in [-0.4, -0.2) is 29.1 Å². The van der Waals surface area contributed by atoms with Gasteiger partial charge in [0.2, 0.25) is 5.91 Å². The lowest BCUT2D eigenvalue weighted by Gasteiger charge is -2.28. The Kier molecular flexibility index (Phi) is 6.16. The summed E-state index contributed by atoms with van der Waals surface area (Å²) in [4.78, 5) is 22.8. The minimum atomic E-state index is -1.03. The van der Waals surface area contributed by atoms with E-state index in [0.29, 0.717) is 6.42 Å². The average molecular weight is 244 g/mol. The molecule has 0 bridgehead atoms. The van der Waals surface area contributed by atoms with Gasteiger partial charge < -0.3 is 16.2 Å².